The molecule has 1 saturated heterocycles. The average Bonchev–Trinajstić information content (AvgIpc) is 2.75. The van der Waals surface area contributed by atoms with Gasteiger partial charge in [-0.25, -0.2) is 4.79 Å². The van der Waals surface area contributed by atoms with Crippen molar-refractivity contribution in [3.63, 3.8) is 0 Å². The minimum absolute atomic E-state index is 0.0231. The van der Waals surface area contributed by atoms with E-state index < -0.39 is 5.97 Å². The maximum absolute atomic E-state index is 10.8. The number of carbonyl (C=O) groups is 1. The fourth-order valence-electron chi connectivity index (χ4n) is 2.90. The highest BCUT2D eigenvalue weighted by Crippen LogP contribution is 2.29. The smallest absolute Gasteiger partial charge is 0.371 e. The normalized spacial score (nSPS) is 27.1. The molecule has 0 radical (unpaired) electrons. The lowest BCUT2D eigenvalue weighted by Crippen LogP contribution is -2.40. The van der Waals surface area contributed by atoms with Gasteiger partial charge in [-0.3, -0.25) is 4.90 Å². The van der Waals surface area contributed by atoms with Gasteiger partial charge in [-0.1, -0.05) is 13.8 Å². The van der Waals surface area contributed by atoms with Gasteiger partial charge in [0.1, 0.15) is 5.76 Å². The van der Waals surface area contributed by atoms with Crippen LogP contribution in [0.4, 0.5) is 0 Å². The van der Waals surface area contributed by atoms with E-state index >= 15 is 0 Å². The van der Waals surface area contributed by atoms with Gasteiger partial charge in [0.05, 0.1) is 6.04 Å². The SMILES string of the molecule is CC1CC(C)CN(C(C)c2ccc(C(=O)O)o2)C1. The largest absolute Gasteiger partial charge is 0.475 e. The van der Waals surface area contributed by atoms with Gasteiger partial charge in [0, 0.05) is 13.1 Å². The number of aromatic carboxylic acids is 1. The van der Waals surface area contributed by atoms with Crippen molar-refractivity contribution in [2.45, 2.75) is 33.2 Å². The number of piperidine rings is 1. The summed E-state index contributed by atoms with van der Waals surface area (Å²) in [6, 6.07) is 3.45. The van der Waals surface area contributed by atoms with Crippen LogP contribution in [0.15, 0.2) is 16.5 Å². The van der Waals surface area contributed by atoms with E-state index in [1.807, 2.05) is 0 Å². The zero-order chi connectivity index (χ0) is 13.3. The summed E-state index contributed by atoms with van der Waals surface area (Å²) in [7, 11) is 0. The Bertz CT molecular complexity index is 416. The maximum Gasteiger partial charge on any atom is 0.371 e. The van der Waals surface area contributed by atoms with Crippen molar-refractivity contribution >= 4 is 5.97 Å². The second-order valence-corrected chi connectivity index (χ2v) is 5.58. The van der Waals surface area contributed by atoms with Crippen LogP contribution in [0, 0.1) is 11.8 Å². The summed E-state index contributed by atoms with van der Waals surface area (Å²) >= 11 is 0. The summed E-state index contributed by atoms with van der Waals surface area (Å²) in [6.45, 7) is 8.71. The molecule has 0 amide bonds. The first kappa shape index (κ1) is 13.1. The number of carboxylic acids is 1. The molecule has 0 saturated carbocycles. The Labute approximate surface area is 108 Å². The molecular formula is C14H21NO3. The van der Waals surface area contributed by atoms with Gasteiger partial charge in [-0.05, 0) is 37.3 Å². The summed E-state index contributed by atoms with van der Waals surface area (Å²) in [5.41, 5.74) is 0. The van der Waals surface area contributed by atoms with Crippen molar-refractivity contribution in [3.8, 4) is 0 Å². The number of nitrogens with zero attached hydrogens (tertiary/aromatic N) is 1. The molecule has 0 aromatic carbocycles. The summed E-state index contributed by atoms with van der Waals surface area (Å²) in [6.07, 6.45) is 1.27. The molecule has 1 aromatic heterocycles. The molecule has 0 bridgehead atoms. The lowest BCUT2D eigenvalue weighted by atomic mass is 9.91. The Balaban J connectivity index is 2.09. The van der Waals surface area contributed by atoms with E-state index in [1.165, 1.54) is 12.5 Å². The lowest BCUT2D eigenvalue weighted by Gasteiger charge is -2.38. The predicted octanol–water partition coefficient (Wildman–Crippen LogP) is 3.02. The summed E-state index contributed by atoms with van der Waals surface area (Å²) in [5.74, 6) is 1.13. The highest BCUT2D eigenvalue weighted by atomic mass is 16.4. The van der Waals surface area contributed by atoms with Gasteiger partial charge in [-0.2, -0.15) is 0 Å². The Morgan fingerprint density at radius 1 is 1.39 bits per heavy atom. The minimum atomic E-state index is -1.01. The molecule has 1 fully saturated rings. The van der Waals surface area contributed by atoms with Gasteiger partial charge in [0.2, 0.25) is 5.76 Å². The van der Waals surface area contributed by atoms with Gasteiger partial charge in [-0.15, -0.1) is 0 Å². The van der Waals surface area contributed by atoms with E-state index in [4.69, 9.17) is 9.52 Å². The first-order chi connectivity index (χ1) is 8.47. The zero-order valence-electron chi connectivity index (χ0n) is 11.2. The van der Waals surface area contributed by atoms with Gasteiger partial charge in [0.15, 0.2) is 0 Å². The maximum atomic E-state index is 10.8. The summed E-state index contributed by atoms with van der Waals surface area (Å²) in [5, 5.41) is 8.87. The third kappa shape index (κ3) is 2.75. The third-order valence-corrected chi connectivity index (χ3v) is 3.69. The van der Waals surface area contributed by atoms with Crippen LogP contribution in [0.2, 0.25) is 0 Å². The number of furan rings is 1. The molecule has 1 aliphatic heterocycles. The van der Waals surface area contributed by atoms with Crippen molar-refractivity contribution in [1.82, 2.24) is 4.90 Å². The second-order valence-electron chi connectivity index (χ2n) is 5.58. The molecule has 100 valence electrons. The Morgan fingerprint density at radius 3 is 2.50 bits per heavy atom. The molecule has 1 aromatic rings. The van der Waals surface area contributed by atoms with Crippen LogP contribution >= 0.6 is 0 Å². The summed E-state index contributed by atoms with van der Waals surface area (Å²) in [4.78, 5) is 13.2. The Morgan fingerprint density at radius 2 is 2.00 bits per heavy atom. The van der Waals surface area contributed by atoms with Crippen LogP contribution in [0.3, 0.4) is 0 Å². The molecule has 4 nitrogen and oxygen atoms in total. The van der Waals surface area contributed by atoms with Crippen molar-refractivity contribution in [2.24, 2.45) is 11.8 Å². The zero-order valence-corrected chi connectivity index (χ0v) is 11.2. The molecule has 4 heteroatoms. The van der Waals surface area contributed by atoms with Crippen LogP contribution in [0.1, 0.15) is 49.5 Å². The monoisotopic (exact) mass is 251 g/mol. The van der Waals surface area contributed by atoms with E-state index in [2.05, 4.69) is 25.7 Å². The quantitative estimate of drug-likeness (QED) is 0.897. The molecule has 18 heavy (non-hydrogen) atoms. The van der Waals surface area contributed by atoms with Crippen LogP contribution in [0.5, 0.6) is 0 Å². The van der Waals surface area contributed by atoms with Crippen molar-refractivity contribution in [3.05, 3.63) is 23.7 Å². The van der Waals surface area contributed by atoms with Crippen LogP contribution in [-0.2, 0) is 0 Å². The van der Waals surface area contributed by atoms with Crippen molar-refractivity contribution in [1.29, 1.82) is 0 Å². The van der Waals surface area contributed by atoms with Gasteiger partial charge >= 0.3 is 5.97 Å². The first-order valence-electron chi connectivity index (χ1n) is 6.54. The fraction of sp³-hybridized carbons (Fsp3) is 0.643. The van der Waals surface area contributed by atoms with E-state index in [-0.39, 0.29) is 11.8 Å². The van der Waals surface area contributed by atoms with Crippen molar-refractivity contribution < 1.29 is 14.3 Å². The Hall–Kier alpha value is -1.29. The fourth-order valence-corrected chi connectivity index (χ4v) is 2.90. The predicted molar refractivity (Wildman–Crippen MR) is 68.6 cm³/mol. The molecule has 1 N–H and O–H groups in total. The van der Waals surface area contributed by atoms with Crippen molar-refractivity contribution in [2.75, 3.05) is 13.1 Å². The first-order valence-corrected chi connectivity index (χ1v) is 6.54. The standard InChI is InChI=1S/C14H21NO3/c1-9-6-10(2)8-15(7-9)11(3)12-4-5-13(18-12)14(16)17/h4-5,9-11H,6-8H2,1-3H3,(H,16,17). The molecule has 3 unspecified atom stereocenters. The number of carboxylic acid groups (broad SMARTS) is 1. The number of likely N-dealkylation sites (tertiary alicyclic amines) is 1. The van der Waals surface area contributed by atoms with Crippen LogP contribution in [-0.4, -0.2) is 29.1 Å². The van der Waals surface area contributed by atoms with E-state index in [0.717, 1.165) is 18.8 Å². The topological polar surface area (TPSA) is 53.7 Å². The van der Waals surface area contributed by atoms with E-state index in [1.54, 1.807) is 6.07 Å². The molecule has 1 aliphatic rings. The third-order valence-electron chi connectivity index (χ3n) is 3.69. The van der Waals surface area contributed by atoms with Gasteiger partial charge in [0.25, 0.3) is 0 Å². The minimum Gasteiger partial charge on any atom is -0.475 e. The molecule has 0 spiro atoms. The number of hydrogen-bond acceptors (Lipinski definition) is 3. The molecule has 2 rings (SSSR count). The molecular weight excluding hydrogens is 230 g/mol. The number of rotatable bonds is 3. The van der Waals surface area contributed by atoms with E-state index in [0.29, 0.717) is 11.8 Å². The second kappa shape index (κ2) is 5.14. The van der Waals surface area contributed by atoms with E-state index in [9.17, 15) is 4.79 Å². The lowest BCUT2D eigenvalue weighted by molar-refractivity contribution is 0.0643. The molecule has 0 aliphatic carbocycles. The Kier molecular flexibility index (Phi) is 3.76. The number of hydrogen-bond donors (Lipinski definition) is 1. The molecule has 3 atom stereocenters. The highest BCUT2D eigenvalue weighted by molar-refractivity contribution is 5.84. The van der Waals surface area contributed by atoms with Gasteiger partial charge < -0.3 is 9.52 Å². The van der Waals surface area contributed by atoms with Crippen LogP contribution < -0.4 is 0 Å². The summed E-state index contributed by atoms with van der Waals surface area (Å²) < 4.78 is 5.39. The van der Waals surface area contributed by atoms with Crippen LogP contribution in [0.25, 0.3) is 0 Å². The average molecular weight is 251 g/mol. The highest BCUT2D eigenvalue weighted by Gasteiger charge is 2.27. The molecule has 2 heterocycles.